The predicted octanol–water partition coefficient (Wildman–Crippen LogP) is 1.39. The number of rotatable bonds is 5. The number of carbonyl (C=O) groups is 1. The lowest BCUT2D eigenvalue weighted by Crippen LogP contribution is -2.08. The van der Waals surface area contributed by atoms with Gasteiger partial charge in [-0.2, -0.15) is 0 Å². The van der Waals surface area contributed by atoms with Crippen LogP contribution in [-0.2, 0) is 0 Å². The van der Waals surface area contributed by atoms with Crippen molar-refractivity contribution in [1.29, 1.82) is 0 Å². The van der Waals surface area contributed by atoms with Gasteiger partial charge in [-0.1, -0.05) is 13.3 Å². The Morgan fingerprint density at radius 1 is 1.64 bits per heavy atom. The van der Waals surface area contributed by atoms with Crippen molar-refractivity contribution in [2.45, 2.75) is 19.8 Å². The van der Waals surface area contributed by atoms with Gasteiger partial charge in [0.05, 0.1) is 0 Å². The fraction of sp³-hybridized carbons (Fsp3) is 0.444. The van der Waals surface area contributed by atoms with Crippen LogP contribution in [0, 0.1) is 0 Å². The summed E-state index contributed by atoms with van der Waals surface area (Å²) in [6, 6.07) is 1.65. The Bertz CT molecular complexity index is 315. The first kappa shape index (κ1) is 10.4. The SMILES string of the molecule is CCCCNc1ccnc(C(=O)O)n1. The minimum atomic E-state index is -1.11. The average Bonchev–Trinajstić information content (AvgIpc) is 2.19. The summed E-state index contributed by atoms with van der Waals surface area (Å²) in [7, 11) is 0. The minimum absolute atomic E-state index is 0.175. The van der Waals surface area contributed by atoms with Gasteiger partial charge in [-0.05, 0) is 12.5 Å². The molecule has 1 aromatic heterocycles. The fourth-order valence-electron chi connectivity index (χ4n) is 0.953. The van der Waals surface area contributed by atoms with Crippen molar-refractivity contribution in [2.24, 2.45) is 0 Å². The van der Waals surface area contributed by atoms with Gasteiger partial charge in [-0.15, -0.1) is 0 Å². The van der Waals surface area contributed by atoms with E-state index in [1.807, 2.05) is 0 Å². The van der Waals surface area contributed by atoms with E-state index in [0.717, 1.165) is 19.4 Å². The van der Waals surface area contributed by atoms with Crippen LogP contribution < -0.4 is 5.32 Å². The van der Waals surface area contributed by atoms with E-state index in [1.165, 1.54) is 6.20 Å². The number of anilines is 1. The molecule has 0 radical (unpaired) electrons. The Hall–Kier alpha value is -1.65. The summed E-state index contributed by atoms with van der Waals surface area (Å²) in [5, 5.41) is 11.7. The highest BCUT2D eigenvalue weighted by Crippen LogP contribution is 2.02. The molecular formula is C9H13N3O2. The van der Waals surface area contributed by atoms with Crippen molar-refractivity contribution in [3.63, 3.8) is 0 Å². The summed E-state index contributed by atoms with van der Waals surface area (Å²) < 4.78 is 0. The van der Waals surface area contributed by atoms with Crippen molar-refractivity contribution >= 4 is 11.8 Å². The quantitative estimate of drug-likeness (QED) is 0.694. The summed E-state index contributed by atoms with van der Waals surface area (Å²) in [6.45, 7) is 2.89. The normalized spacial score (nSPS) is 9.79. The lowest BCUT2D eigenvalue weighted by Gasteiger charge is -2.03. The van der Waals surface area contributed by atoms with E-state index in [2.05, 4.69) is 22.2 Å². The second-order valence-corrected chi connectivity index (χ2v) is 2.85. The van der Waals surface area contributed by atoms with E-state index < -0.39 is 5.97 Å². The lowest BCUT2D eigenvalue weighted by molar-refractivity contribution is 0.0683. The van der Waals surface area contributed by atoms with Crippen LogP contribution in [0.5, 0.6) is 0 Å². The number of hydrogen-bond acceptors (Lipinski definition) is 4. The Labute approximate surface area is 82.2 Å². The number of carboxylic acids is 1. The number of hydrogen-bond donors (Lipinski definition) is 2. The molecule has 0 aromatic carbocycles. The molecule has 0 fully saturated rings. The molecule has 0 spiro atoms. The first-order chi connectivity index (χ1) is 6.74. The summed E-state index contributed by atoms with van der Waals surface area (Å²) in [4.78, 5) is 18.0. The molecule has 1 heterocycles. The van der Waals surface area contributed by atoms with Crippen LogP contribution in [0.2, 0.25) is 0 Å². The summed E-state index contributed by atoms with van der Waals surface area (Å²) in [5.41, 5.74) is 0. The van der Waals surface area contributed by atoms with Crippen molar-refractivity contribution in [1.82, 2.24) is 9.97 Å². The molecule has 1 aromatic rings. The van der Waals surface area contributed by atoms with Crippen molar-refractivity contribution in [3.8, 4) is 0 Å². The molecule has 14 heavy (non-hydrogen) atoms. The summed E-state index contributed by atoms with van der Waals surface area (Å²) >= 11 is 0. The average molecular weight is 195 g/mol. The third kappa shape index (κ3) is 3.01. The van der Waals surface area contributed by atoms with Gasteiger partial charge in [0.1, 0.15) is 5.82 Å². The largest absolute Gasteiger partial charge is 0.475 e. The molecule has 0 saturated carbocycles. The predicted molar refractivity (Wildman–Crippen MR) is 52.4 cm³/mol. The maximum absolute atomic E-state index is 10.5. The van der Waals surface area contributed by atoms with Crippen LogP contribution >= 0.6 is 0 Å². The molecule has 5 heteroatoms. The fourth-order valence-corrected chi connectivity index (χ4v) is 0.953. The molecule has 76 valence electrons. The van der Waals surface area contributed by atoms with E-state index in [4.69, 9.17) is 5.11 Å². The number of nitrogens with zero attached hydrogens (tertiary/aromatic N) is 2. The van der Waals surface area contributed by atoms with Crippen LogP contribution in [0.1, 0.15) is 30.4 Å². The monoisotopic (exact) mass is 195 g/mol. The highest BCUT2D eigenvalue weighted by molar-refractivity contribution is 5.83. The summed E-state index contributed by atoms with van der Waals surface area (Å²) in [6.07, 6.45) is 3.56. The molecule has 0 aliphatic heterocycles. The Kier molecular flexibility index (Phi) is 3.84. The third-order valence-electron chi connectivity index (χ3n) is 1.68. The van der Waals surface area contributed by atoms with Crippen molar-refractivity contribution < 1.29 is 9.90 Å². The standard InChI is InChI=1S/C9H13N3O2/c1-2-3-5-10-7-4-6-11-8(12-7)9(13)14/h4,6H,2-3,5H2,1H3,(H,13,14)(H,10,11,12). The molecule has 0 amide bonds. The molecular weight excluding hydrogens is 182 g/mol. The molecule has 0 aliphatic rings. The Morgan fingerprint density at radius 2 is 2.43 bits per heavy atom. The van der Waals surface area contributed by atoms with Gasteiger partial charge < -0.3 is 10.4 Å². The van der Waals surface area contributed by atoms with Gasteiger partial charge in [-0.3, -0.25) is 0 Å². The highest BCUT2D eigenvalue weighted by atomic mass is 16.4. The van der Waals surface area contributed by atoms with Crippen LogP contribution in [0.4, 0.5) is 5.82 Å². The molecule has 0 bridgehead atoms. The number of aromatic nitrogens is 2. The van der Waals surface area contributed by atoms with Crippen LogP contribution in [0.3, 0.4) is 0 Å². The maximum atomic E-state index is 10.5. The molecule has 0 aliphatic carbocycles. The zero-order chi connectivity index (χ0) is 10.4. The molecule has 1 rings (SSSR count). The number of aromatic carboxylic acids is 1. The van der Waals surface area contributed by atoms with E-state index in [0.29, 0.717) is 5.82 Å². The number of nitrogens with one attached hydrogen (secondary N) is 1. The van der Waals surface area contributed by atoms with E-state index in [-0.39, 0.29) is 5.82 Å². The van der Waals surface area contributed by atoms with Gasteiger partial charge >= 0.3 is 5.97 Å². The number of carboxylic acid groups (broad SMARTS) is 1. The van der Waals surface area contributed by atoms with Crippen LogP contribution in [0.25, 0.3) is 0 Å². The van der Waals surface area contributed by atoms with E-state index in [1.54, 1.807) is 6.07 Å². The lowest BCUT2D eigenvalue weighted by atomic mass is 10.3. The van der Waals surface area contributed by atoms with Gasteiger partial charge in [0.25, 0.3) is 0 Å². The zero-order valence-corrected chi connectivity index (χ0v) is 8.03. The van der Waals surface area contributed by atoms with Crippen molar-refractivity contribution in [3.05, 3.63) is 18.1 Å². The number of unbranched alkanes of at least 4 members (excludes halogenated alkanes) is 1. The Morgan fingerprint density at radius 3 is 3.07 bits per heavy atom. The third-order valence-corrected chi connectivity index (χ3v) is 1.68. The minimum Gasteiger partial charge on any atom is -0.475 e. The van der Waals surface area contributed by atoms with E-state index in [9.17, 15) is 4.79 Å². The van der Waals surface area contributed by atoms with Crippen molar-refractivity contribution in [2.75, 3.05) is 11.9 Å². The van der Waals surface area contributed by atoms with Gasteiger partial charge in [-0.25, -0.2) is 14.8 Å². The molecule has 0 saturated heterocycles. The van der Waals surface area contributed by atoms with Gasteiger partial charge in [0, 0.05) is 12.7 Å². The Balaban J connectivity index is 2.59. The zero-order valence-electron chi connectivity index (χ0n) is 8.03. The van der Waals surface area contributed by atoms with Gasteiger partial charge in [0.15, 0.2) is 0 Å². The van der Waals surface area contributed by atoms with Crippen LogP contribution in [0.15, 0.2) is 12.3 Å². The first-order valence-electron chi connectivity index (χ1n) is 4.54. The van der Waals surface area contributed by atoms with E-state index >= 15 is 0 Å². The first-order valence-corrected chi connectivity index (χ1v) is 4.54. The second-order valence-electron chi connectivity index (χ2n) is 2.85. The highest BCUT2D eigenvalue weighted by Gasteiger charge is 2.05. The second kappa shape index (κ2) is 5.16. The van der Waals surface area contributed by atoms with Crippen LogP contribution in [-0.4, -0.2) is 27.6 Å². The molecule has 0 atom stereocenters. The molecule has 5 nitrogen and oxygen atoms in total. The maximum Gasteiger partial charge on any atom is 0.374 e. The summed E-state index contributed by atoms with van der Waals surface area (Å²) in [5.74, 6) is -0.721. The molecule has 0 unspecified atom stereocenters. The molecule has 2 N–H and O–H groups in total. The topological polar surface area (TPSA) is 75.1 Å². The van der Waals surface area contributed by atoms with Gasteiger partial charge in [0.2, 0.25) is 5.82 Å². The smallest absolute Gasteiger partial charge is 0.374 e.